The van der Waals surface area contributed by atoms with Gasteiger partial charge in [0, 0.05) is 32.0 Å². The number of hydrogen-bond donors (Lipinski definition) is 1. The molecular formula is C16H18N4O. The molecule has 0 aliphatic carbocycles. The highest BCUT2D eigenvalue weighted by Crippen LogP contribution is 2.19. The molecule has 0 saturated heterocycles. The molecule has 0 saturated carbocycles. The second kappa shape index (κ2) is 5.00. The van der Waals surface area contributed by atoms with Crippen molar-refractivity contribution in [2.75, 3.05) is 6.54 Å². The molecule has 4 rings (SSSR count). The predicted octanol–water partition coefficient (Wildman–Crippen LogP) is 0.940. The fourth-order valence-corrected chi connectivity index (χ4v) is 3.21. The maximum absolute atomic E-state index is 12.7. The Kier molecular flexibility index (Phi) is 3.00. The van der Waals surface area contributed by atoms with Crippen molar-refractivity contribution in [3.05, 3.63) is 53.6 Å². The van der Waals surface area contributed by atoms with Crippen LogP contribution in [0.3, 0.4) is 0 Å². The summed E-state index contributed by atoms with van der Waals surface area (Å²) >= 11 is 0. The van der Waals surface area contributed by atoms with Crippen LogP contribution in [0.5, 0.6) is 0 Å². The molecule has 0 spiro atoms. The molecule has 2 aliphatic rings. The predicted molar refractivity (Wildman–Crippen MR) is 78.4 cm³/mol. The Morgan fingerprint density at radius 1 is 1.24 bits per heavy atom. The molecule has 3 heterocycles. The normalized spacial score (nSPS) is 20.8. The average molecular weight is 282 g/mol. The number of amides is 1. The Morgan fingerprint density at radius 2 is 2.10 bits per heavy atom. The highest BCUT2D eigenvalue weighted by atomic mass is 16.2. The third-order valence-corrected chi connectivity index (χ3v) is 4.44. The first-order valence-electron chi connectivity index (χ1n) is 7.40. The Hall–Kier alpha value is -2.14. The number of rotatable bonds is 1. The first-order chi connectivity index (χ1) is 10.3. The van der Waals surface area contributed by atoms with Gasteiger partial charge >= 0.3 is 0 Å². The second-order valence-corrected chi connectivity index (χ2v) is 5.70. The lowest BCUT2D eigenvalue weighted by Gasteiger charge is -2.33. The number of carbonyl (C=O) groups excluding carboxylic acids is 1. The van der Waals surface area contributed by atoms with Gasteiger partial charge < -0.3 is 14.8 Å². The molecule has 1 aromatic heterocycles. The summed E-state index contributed by atoms with van der Waals surface area (Å²) in [6.07, 6.45) is 4.56. The van der Waals surface area contributed by atoms with E-state index >= 15 is 0 Å². The van der Waals surface area contributed by atoms with E-state index < -0.39 is 0 Å². The smallest absolute Gasteiger partial charge is 0.240 e. The van der Waals surface area contributed by atoms with E-state index in [1.807, 2.05) is 23.2 Å². The third-order valence-electron chi connectivity index (χ3n) is 4.44. The van der Waals surface area contributed by atoms with Gasteiger partial charge in [-0.3, -0.25) is 4.79 Å². The van der Waals surface area contributed by atoms with Crippen molar-refractivity contribution in [2.24, 2.45) is 0 Å². The summed E-state index contributed by atoms with van der Waals surface area (Å²) in [5.74, 6) is 1.17. The first kappa shape index (κ1) is 12.6. The monoisotopic (exact) mass is 282 g/mol. The largest absolute Gasteiger partial charge is 0.332 e. The quantitative estimate of drug-likeness (QED) is 0.847. The molecule has 1 atom stereocenters. The average Bonchev–Trinajstić information content (AvgIpc) is 3.01. The van der Waals surface area contributed by atoms with E-state index in [9.17, 15) is 4.79 Å². The molecule has 2 aliphatic heterocycles. The molecule has 1 N–H and O–H groups in total. The topological polar surface area (TPSA) is 50.2 Å². The van der Waals surface area contributed by atoms with E-state index in [2.05, 4.69) is 27.0 Å². The molecule has 0 radical (unpaired) electrons. The molecule has 21 heavy (non-hydrogen) atoms. The van der Waals surface area contributed by atoms with Crippen LogP contribution in [0, 0.1) is 0 Å². The number of fused-ring (bicyclic) bond motifs is 2. The van der Waals surface area contributed by atoms with Gasteiger partial charge in [0.15, 0.2) is 0 Å². The van der Waals surface area contributed by atoms with Crippen molar-refractivity contribution in [2.45, 2.75) is 32.1 Å². The number of carbonyl (C=O) groups is 1. The van der Waals surface area contributed by atoms with E-state index in [0.717, 1.165) is 31.9 Å². The summed E-state index contributed by atoms with van der Waals surface area (Å²) in [4.78, 5) is 19.0. The van der Waals surface area contributed by atoms with E-state index in [-0.39, 0.29) is 11.9 Å². The van der Waals surface area contributed by atoms with Gasteiger partial charge in [0.2, 0.25) is 5.91 Å². The summed E-state index contributed by atoms with van der Waals surface area (Å²) in [5, 5.41) is 3.37. The van der Waals surface area contributed by atoms with Crippen molar-refractivity contribution in [1.29, 1.82) is 0 Å². The zero-order chi connectivity index (χ0) is 14.2. The Balaban J connectivity index is 1.49. The van der Waals surface area contributed by atoms with Crippen LogP contribution < -0.4 is 5.32 Å². The van der Waals surface area contributed by atoms with Crippen LogP contribution in [0.1, 0.15) is 17.0 Å². The maximum atomic E-state index is 12.7. The minimum atomic E-state index is -0.110. The molecule has 0 bridgehead atoms. The van der Waals surface area contributed by atoms with Crippen molar-refractivity contribution in [3.8, 4) is 0 Å². The van der Waals surface area contributed by atoms with Crippen LogP contribution in [0.25, 0.3) is 0 Å². The lowest BCUT2D eigenvalue weighted by atomic mass is 9.95. The number of imidazole rings is 1. The summed E-state index contributed by atoms with van der Waals surface area (Å²) in [7, 11) is 0. The van der Waals surface area contributed by atoms with Gasteiger partial charge in [-0.25, -0.2) is 4.98 Å². The summed E-state index contributed by atoms with van der Waals surface area (Å²) < 4.78 is 2.12. The number of nitrogens with zero attached hydrogens (tertiary/aromatic N) is 3. The Labute approximate surface area is 123 Å². The number of hydrogen-bond acceptors (Lipinski definition) is 3. The molecular weight excluding hydrogens is 264 g/mol. The number of aromatic nitrogens is 2. The Morgan fingerprint density at radius 3 is 3.00 bits per heavy atom. The molecule has 2 aromatic rings. The molecule has 108 valence electrons. The van der Waals surface area contributed by atoms with Crippen LogP contribution in [-0.2, 0) is 30.8 Å². The SMILES string of the molecule is O=C([C@H]1Cc2ccccc2CN1)N1CCn2ccnc2C1. The van der Waals surface area contributed by atoms with Crippen LogP contribution in [0.2, 0.25) is 0 Å². The molecule has 0 fully saturated rings. The lowest BCUT2D eigenvalue weighted by Crippen LogP contribution is -2.51. The minimum Gasteiger partial charge on any atom is -0.332 e. The van der Waals surface area contributed by atoms with Crippen LogP contribution in [-0.4, -0.2) is 32.9 Å². The zero-order valence-corrected chi connectivity index (χ0v) is 11.8. The number of benzene rings is 1. The summed E-state index contributed by atoms with van der Waals surface area (Å²) in [6.45, 7) is 2.99. The molecule has 5 heteroatoms. The fourth-order valence-electron chi connectivity index (χ4n) is 3.21. The van der Waals surface area contributed by atoms with E-state index in [4.69, 9.17) is 0 Å². The first-order valence-corrected chi connectivity index (χ1v) is 7.40. The summed E-state index contributed by atoms with van der Waals surface area (Å²) in [5.41, 5.74) is 2.59. The van der Waals surface area contributed by atoms with Crippen molar-refractivity contribution in [1.82, 2.24) is 19.8 Å². The molecule has 1 aromatic carbocycles. The van der Waals surface area contributed by atoms with E-state index in [1.165, 1.54) is 11.1 Å². The van der Waals surface area contributed by atoms with Crippen molar-refractivity contribution in [3.63, 3.8) is 0 Å². The third kappa shape index (κ3) is 2.23. The molecule has 1 amide bonds. The van der Waals surface area contributed by atoms with Crippen LogP contribution >= 0.6 is 0 Å². The van der Waals surface area contributed by atoms with E-state index in [0.29, 0.717) is 6.54 Å². The second-order valence-electron chi connectivity index (χ2n) is 5.70. The van der Waals surface area contributed by atoms with Crippen molar-refractivity contribution < 1.29 is 4.79 Å². The zero-order valence-electron chi connectivity index (χ0n) is 11.8. The van der Waals surface area contributed by atoms with Gasteiger partial charge in [0.1, 0.15) is 5.82 Å². The fraction of sp³-hybridized carbons (Fsp3) is 0.375. The highest BCUT2D eigenvalue weighted by Gasteiger charge is 2.30. The van der Waals surface area contributed by atoms with E-state index in [1.54, 1.807) is 6.20 Å². The van der Waals surface area contributed by atoms with Crippen LogP contribution in [0.15, 0.2) is 36.7 Å². The standard InChI is InChI=1S/C16H18N4O/c21-16(20-8-7-19-6-5-17-15(19)11-20)14-9-12-3-1-2-4-13(12)10-18-14/h1-6,14,18H,7-11H2/t14-/m1/s1. The minimum absolute atomic E-state index is 0.110. The number of nitrogens with one attached hydrogen (secondary N) is 1. The van der Waals surface area contributed by atoms with Crippen LogP contribution in [0.4, 0.5) is 0 Å². The van der Waals surface area contributed by atoms with Crippen molar-refractivity contribution >= 4 is 5.91 Å². The van der Waals surface area contributed by atoms with Gasteiger partial charge in [-0.1, -0.05) is 24.3 Å². The Bertz CT molecular complexity index is 678. The van der Waals surface area contributed by atoms with Gasteiger partial charge in [0.25, 0.3) is 0 Å². The van der Waals surface area contributed by atoms with Gasteiger partial charge in [-0.2, -0.15) is 0 Å². The van der Waals surface area contributed by atoms with Gasteiger partial charge in [0.05, 0.1) is 12.6 Å². The van der Waals surface area contributed by atoms with Gasteiger partial charge in [-0.15, -0.1) is 0 Å². The highest BCUT2D eigenvalue weighted by molar-refractivity contribution is 5.82. The van der Waals surface area contributed by atoms with Gasteiger partial charge in [-0.05, 0) is 17.5 Å². The summed E-state index contributed by atoms with van der Waals surface area (Å²) in [6, 6.07) is 8.23. The maximum Gasteiger partial charge on any atom is 0.240 e. The molecule has 5 nitrogen and oxygen atoms in total. The molecule has 0 unspecified atom stereocenters. The lowest BCUT2D eigenvalue weighted by molar-refractivity contribution is -0.135.